The van der Waals surface area contributed by atoms with E-state index in [-0.39, 0.29) is 11.7 Å². The quantitative estimate of drug-likeness (QED) is 0.774. The van der Waals surface area contributed by atoms with Crippen LogP contribution in [0.4, 0.5) is 10.1 Å². The number of fused-ring (bicyclic) bond motifs is 1. The summed E-state index contributed by atoms with van der Waals surface area (Å²) < 4.78 is 13.1. The van der Waals surface area contributed by atoms with Gasteiger partial charge in [-0.05, 0) is 35.0 Å². The second kappa shape index (κ2) is 3.81. The van der Waals surface area contributed by atoms with Gasteiger partial charge in [-0.3, -0.25) is 4.79 Å². The maximum Gasteiger partial charge on any atom is 0.221 e. The van der Waals surface area contributed by atoms with Crippen LogP contribution >= 0.6 is 0 Å². The molecule has 2 N–H and O–H groups in total. The van der Waals surface area contributed by atoms with E-state index in [2.05, 4.69) is 5.32 Å². The van der Waals surface area contributed by atoms with Crippen molar-refractivity contribution in [2.75, 3.05) is 5.32 Å². The number of phenolic OH excluding ortho intramolecular Hbond substituents is 1. The van der Waals surface area contributed by atoms with E-state index in [0.29, 0.717) is 16.5 Å². The Bertz CT molecular complexity index is 566. The van der Waals surface area contributed by atoms with Gasteiger partial charge in [0.1, 0.15) is 0 Å². The third-order valence-electron chi connectivity index (χ3n) is 2.23. The molecule has 0 heterocycles. The Hall–Kier alpha value is -2.10. The molecular formula is C12H10FNO2. The molecule has 0 aliphatic carbocycles. The average Bonchev–Trinajstić information content (AvgIpc) is 2.19. The van der Waals surface area contributed by atoms with Crippen molar-refractivity contribution >= 4 is 22.4 Å². The smallest absolute Gasteiger partial charge is 0.221 e. The number of carbonyl (C=O) groups is 1. The summed E-state index contributed by atoms with van der Waals surface area (Å²) in [5, 5.41) is 13.1. The first-order chi connectivity index (χ1) is 7.56. The molecule has 0 unspecified atom stereocenters. The Labute approximate surface area is 91.5 Å². The molecule has 0 aromatic heterocycles. The van der Waals surface area contributed by atoms with Crippen molar-refractivity contribution in [2.45, 2.75) is 6.92 Å². The van der Waals surface area contributed by atoms with Crippen LogP contribution in [0, 0.1) is 5.82 Å². The molecule has 82 valence electrons. The molecule has 2 aromatic rings. The fourth-order valence-corrected chi connectivity index (χ4v) is 1.54. The summed E-state index contributed by atoms with van der Waals surface area (Å²) in [6.45, 7) is 1.40. The lowest BCUT2D eigenvalue weighted by Gasteiger charge is -2.05. The van der Waals surface area contributed by atoms with Gasteiger partial charge in [-0.2, -0.15) is 0 Å². The number of rotatable bonds is 1. The van der Waals surface area contributed by atoms with Crippen LogP contribution < -0.4 is 5.32 Å². The van der Waals surface area contributed by atoms with E-state index in [9.17, 15) is 14.3 Å². The normalized spacial score (nSPS) is 10.4. The molecular weight excluding hydrogens is 209 g/mol. The first-order valence-electron chi connectivity index (χ1n) is 4.76. The van der Waals surface area contributed by atoms with Gasteiger partial charge in [0.15, 0.2) is 11.6 Å². The minimum atomic E-state index is -0.674. The Morgan fingerprint density at radius 2 is 2.00 bits per heavy atom. The van der Waals surface area contributed by atoms with Crippen LogP contribution in [-0.4, -0.2) is 11.0 Å². The molecule has 0 bridgehead atoms. The van der Waals surface area contributed by atoms with Gasteiger partial charge in [-0.1, -0.05) is 6.07 Å². The summed E-state index contributed by atoms with van der Waals surface area (Å²) in [4.78, 5) is 10.8. The van der Waals surface area contributed by atoms with Gasteiger partial charge in [-0.25, -0.2) is 4.39 Å². The number of hydrogen-bond acceptors (Lipinski definition) is 2. The summed E-state index contributed by atoms with van der Waals surface area (Å²) in [5.41, 5.74) is 0.602. The van der Waals surface area contributed by atoms with Crippen LogP contribution in [0.25, 0.3) is 10.8 Å². The molecule has 1 amide bonds. The molecule has 0 fully saturated rings. The lowest BCUT2D eigenvalue weighted by atomic mass is 10.1. The van der Waals surface area contributed by atoms with E-state index in [1.807, 2.05) is 0 Å². The SMILES string of the molecule is CC(=O)Nc1ccc2cc(O)c(F)cc2c1. The zero-order valence-corrected chi connectivity index (χ0v) is 8.62. The number of halogens is 1. The highest BCUT2D eigenvalue weighted by molar-refractivity contribution is 5.93. The Morgan fingerprint density at radius 3 is 2.69 bits per heavy atom. The highest BCUT2D eigenvalue weighted by Crippen LogP contribution is 2.25. The van der Waals surface area contributed by atoms with Crippen LogP contribution in [0.1, 0.15) is 6.92 Å². The number of benzene rings is 2. The number of hydrogen-bond donors (Lipinski definition) is 2. The highest BCUT2D eigenvalue weighted by Gasteiger charge is 2.04. The van der Waals surface area contributed by atoms with E-state index < -0.39 is 5.82 Å². The van der Waals surface area contributed by atoms with E-state index in [1.165, 1.54) is 19.1 Å². The molecule has 0 saturated carbocycles. The minimum Gasteiger partial charge on any atom is -0.505 e. The maximum absolute atomic E-state index is 13.1. The predicted octanol–water partition coefficient (Wildman–Crippen LogP) is 2.64. The van der Waals surface area contributed by atoms with Crippen molar-refractivity contribution < 1.29 is 14.3 Å². The van der Waals surface area contributed by atoms with Crippen LogP contribution in [0.15, 0.2) is 30.3 Å². The summed E-state index contributed by atoms with van der Waals surface area (Å²) in [6, 6.07) is 7.64. The number of aromatic hydroxyl groups is 1. The van der Waals surface area contributed by atoms with Crippen LogP contribution in [0.3, 0.4) is 0 Å². The molecule has 0 spiro atoms. The fourth-order valence-electron chi connectivity index (χ4n) is 1.54. The van der Waals surface area contributed by atoms with Crippen molar-refractivity contribution in [1.82, 2.24) is 0 Å². The molecule has 2 rings (SSSR count). The monoisotopic (exact) mass is 219 g/mol. The Kier molecular flexibility index (Phi) is 2.48. The van der Waals surface area contributed by atoms with E-state index in [1.54, 1.807) is 18.2 Å². The van der Waals surface area contributed by atoms with Crippen molar-refractivity contribution in [3.8, 4) is 5.75 Å². The van der Waals surface area contributed by atoms with E-state index >= 15 is 0 Å². The molecule has 0 atom stereocenters. The van der Waals surface area contributed by atoms with E-state index in [0.717, 1.165) is 0 Å². The summed E-state index contributed by atoms with van der Waals surface area (Å²) in [6.07, 6.45) is 0. The van der Waals surface area contributed by atoms with Crippen molar-refractivity contribution in [1.29, 1.82) is 0 Å². The third-order valence-corrected chi connectivity index (χ3v) is 2.23. The average molecular weight is 219 g/mol. The molecule has 0 radical (unpaired) electrons. The van der Waals surface area contributed by atoms with Gasteiger partial charge < -0.3 is 10.4 Å². The molecule has 4 heteroatoms. The van der Waals surface area contributed by atoms with E-state index in [4.69, 9.17) is 0 Å². The maximum atomic E-state index is 13.1. The first kappa shape index (κ1) is 10.4. The number of amides is 1. The summed E-state index contributed by atoms with van der Waals surface area (Å²) in [5.74, 6) is -1.23. The zero-order chi connectivity index (χ0) is 11.7. The van der Waals surface area contributed by atoms with Crippen LogP contribution in [0.5, 0.6) is 5.75 Å². The predicted molar refractivity (Wildman–Crippen MR) is 59.9 cm³/mol. The van der Waals surface area contributed by atoms with Crippen molar-refractivity contribution in [3.63, 3.8) is 0 Å². The van der Waals surface area contributed by atoms with Gasteiger partial charge in [0.05, 0.1) is 0 Å². The molecule has 2 aromatic carbocycles. The van der Waals surface area contributed by atoms with Gasteiger partial charge in [-0.15, -0.1) is 0 Å². The first-order valence-corrected chi connectivity index (χ1v) is 4.76. The fraction of sp³-hybridized carbons (Fsp3) is 0.0833. The number of nitrogens with one attached hydrogen (secondary N) is 1. The lowest BCUT2D eigenvalue weighted by Crippen LogP contribution is -2.05. The molecule has 16 heavy (non-hydrogen) atoms. The molecule has 0 aliphatic rings. The molecule has 3 nitrogen and oxygen atoms in total. The highest BCUT2D eigenvalue weighted by atomic mass is 19.1. The summed E-state index contributed by atoms with van der Waals surface area (Å²) in [7, 11) is 0. The second-order valence-electron chi connectivity index (χ2n) is 3.55. The van der Waals surface area contributed by atoms with Crippen LogP contribution in [0.2, 0.25) is 0 Å². The largest absolute Gasteiger partial charge is 0.505 e. The summed E-state index contributed by atoms with van der Waals surface area (Å²) >= 11 is 0. The molecule has 0 aliphatic heterocycles. The number of phenols is 1. The topological polar surface area (TPSA) is 49.3 Å². The van der Waals surface area contributed by atoms with Crippen molar-refractivity contribution in [2.24, 2.45) is 0 Å². The number of anilines is 1. The Balaban J connectivity index is 2.53. The van der Waals surface area contributed by atoms with Gasteiger partial charge in [0.2, 0.25) is 5.91 Å². The van der Waals surface area contributed by atoms with Gasteiger partial charge in [0.25, 0.3) is 0 Å². The standard InChI is InChI=1S/C12H10FNO2/c1-7(15)14-10-3-2-8-6-12(16)11(13)5-9(8)4-10/h2-6,16H,1H3,(H,14,15). The minimum absolute atomic E-state index is 0.182. The molecule has 0 saturated heterocycles. The second-order valence-corrected chi connectivity index (χ2v) is 3.55. The number of carbonyl (C=O) groups excluding carboxylic acids is 1. The van der Waals surface area contributed by atoms with Crippen LogP contribution in [-0.2, 0) is 4.79 Å². The Morgan fingerprint density at radius 1 is 1.25 bits per heavy atom. The van der Waals surface area contributed by atoms with Gasteiger partial charge >= 0.3 is 0 Å². The zero-order valence-electron chi connectivity index (χ0n) is 8.62. The third kappa shape index (κ3) is 1.95. The lowest BCUT2D eigenvalue weighted by molar-refractivity contribution is -0.114. The van der Waals surface area contributed by atoms with Gasteiger partial charge in [0, 0.05) is 12.6 Å². The van der Waals surface area contributed by atoms with Crippen molar-refractivity contribution in [3.05, 3.63) is 36.1 Å².